The van der Waals surface area contributed by atoms with Crippen molar-refractivity contribution in [1.29, 1.82) is 0 Å². The maximum absolute atomic E-state index is 9.52. The minimum absolute atomic E-state index is 0.107. The Morgan fingerprint density at radius 2 is 2.15 bits per heavy atom. The molecule has 3 unspecified atom stereocenters. The van der Waals surface area contributed by atoms with Crippen molar-refractivity contribution in [3.8, 4) is 0 Å². The van der Waals surface area contributed by atoms with E-state index in [9.17, 15) is 5.11 Å². The molecule has 1 aliphatic heterocycles. The third kappa shape index (κ3) is 4.10. The fourth-order valence-corrected chi connectivity index (χ4v) is 1.95. The Morgan fingerprint density at radius 3 is 2.69 bits per heavy atom. The van der Waals surface area contributed by atoms with Gasteiger partial charge in [-0.15, -0.1) is 0 Å². The Kier molecular flexibility index (Phi) is 4.74. The highest BCUT2D eigenvalue weighted by Crippen LogP contribution is 2.23. The zero-order valence-electron chi connectivity index (χ0n) is 8.83. The average Bonchev–Trinajstić information content (AvgIpc) is 2.49. The van der Waals surface area contributed by atoms with Crippen LogP contribution in [-0.2, 0) is 4.74 Å². The van der Waals surface area contributed by atoms with Crippen molar-refractivity contribution in [2.45, 2.75) is 70.7 Å². The highest BCUT2D eigenvalue weighted by molar-refractivity contribution is 4.71. The largest absolute Gasteiger partial charge is 0.393 e. The SMILES string of the molecule is CCCC(O)CCC1CCC(C)O1. The van der Waals surface area contributed by atoms with Crippen molar-refractivity contribution in [2.75, 3.05) is 0 Å². The van der Waals surface area contributed by atoms with Crippen molar-refractivity contribution >= 4 is 0 Å². The zero-order chi connectivity index (χ0) is 9.68. The van der Waals surface area contributed by atoms with Gasteiger partial charge in [-0.3, -0.25) is 0 Å². The summed E-state index contributed by atoms with van der Waals surface area (Å²) in [4.78, 5) is 0. The van der Waals surface area contributed by atoms with Crippen LogP contribution in [0.1, 0.15) is 52.4 Å². The van der Waals surface area contributed by atoms with Crippen LogP contribution < -0.4 is 0 Å². The Bertz CT molecular complexity index is 136. The number of ether oxygens (including phenoxy) is 1. The molecule has 13 heavy (non-hydrogen) atoms. The van der Waals surface area contributed by atoms with Crippen molar-refractivity contribution in [3.05, 3.63) is 0 Å². The molecule has 0 bridgehead atoms. The van der Waals surface area contributed by atoms with Crippen LogP contribution in [0.5, 0.6) is 0 Å². The van der Waals surface area contributed by atoms with Crippen molar-refractivity contribution in [1.82, 2.24) is 0 Å². The van der Waals surface area contributed by atoms with Gasteiger partial charge in [-0.05, 0) is 39.0 Å². The van der Waals surface area contributed by atoms with E-state index in [1.807, 2.05) is 0 Å². The molecule has 1 rings (SSSR count). The first-order valence-corrected chi connectivity index (χ1v) is 5.56. The van der Waals surface area contributed by atoms with Crippen LogP contribution in [0.2, 0.25) is 0 Å². The molecule has 0 amide bonds. The second-order valence-electron chi connectivity index (χ2n) is 4.17. The fraction of sp³-hybridized carbons (Fsp3) is 1.00. The van der Waals surface area contributed by atoms with E-state index in [1.54, 1.807) is 0 Å². The normalized spacial score (nSPS) is 30.7. The molecule has 0 spiro atoms. The van der Waals surface area contributed by atoms with Gasteiger partial charge in [-0.25, -0.2) is 0 Å². The van der Waals surface area contributed by atoms with E-state index in [-0.39, 0.29) is 6.10 Å². The quantitative estimate of drug-likeness (QED) is 0.715. The molecular formula is C11H22O2. The molecule has 0 aromatic heterocycles. The van der Waals surface area contributed by atoms with E-state index >= 15 is 0 Å². The van der Waals surface area contributed by atoms with Crippen LogP contribution in [0, 0.1) is 0 Å². The standard InChI is InChI=1S/C11H22O2/c1-3-4-10(12)6-8-11-7-5-9(2)13-11/h9-12H,3-8H2,1-2H3. The van der Waals surface area contributed by atoms with Gasteiger partial charge in [0.25, 0.3) is 0 Å². The molecule has 1 N–H and O–H groups in total. The maximum atomic E-state index is 9.52. The van der Waals surface area contributed by atoms with Crippen LogP contribution in [0.4, 0.5) is 0 Å². The van der Waals surface area contributed by atoms with Gasteiger partial charge < -0.3 is 9.84 Å². The van der Waals surface area contributed by atoms with Crippen LogP contribution in [0.3, 0.4) is 0 Å². The Hall–Kier alpha value is -0.0800. The monoisotopic (exact) mass is 186 g/mol. The summed E-state index contributed by atoms with van der Waals surface area (Å²) in [5.41, 5.74) is 0. The molecule has 0 aliphatic carbocycles. The summed E-state index contributed by atoms with van der Waals surface area (Å²) in [6.45, 7) is 4.24. The predicted octanol–water partition coefficient (Wildman–Crippen LogP) is 2.50. The van der Waals surface area contributed by atoms with E-state index in [0.717, 1.165) is 25.7 Å². The van der Waals surface area contributed by atoms with Gasteiger partial charge in [-0.2, -0.15) is 0 Å². The topological polar surface area (TPSA) is 29.5 Å². The van der Waals surface area contributed by atoms with Crippen LogP contribution in [0.15, 0.2) is 0 Å². The van der Waals surface area contributed by atoms with E-state index in [4.69, 9.17) is 4.74 Å². The molecular weight excluding hydrogens is 164 g/mol. The van der Waals surface area contributed by atoms with Gasteiger partial charge in [0, 0.05) is 0 Å². The molecule has 0 aromatic rings. The molecule has 1 heterocycles. The van der Waals surface area contributed by atoms with Gasteiger partial charge >= 0.3 is 0 Å². The smallest absolute Gasteiger partial charge is 0.0580 e. The molecule has 1 fully saturated rings. The van der Waals surface area contributed by atoms with Crippen molar-refractivity contribution in [2.24, 2.45) is 0 Å². The molecule has 2 heteroatoms. The summed E-state index contributed by atoms with van der Waals surface area (Å²) in [6, 6.07) is 0. The van der Waals surface area contributed by atoms with E-state index < -0.39 is 0 Å². The first kappa shape index (κ1) is 11.0. The minimum atomic E-state index is -0.107. The van der Waals surface area contributed by atoms with Crippen LogP contribution >= 0.6 is 0 Å². The summed E-state index contributed by atoms with van der Waals surface area (Å²) in [5, 5.41) is 9.52. The summed E-state index contributed by atoms with van der Waals surface area (Å²) < 4.78 is 5.68. The molecule has 2 nitrogen and oxygen atoms in total. The first-order chi connectivity index (χ1) is 6.22. The zero-order valence-corrected chi connectivity index (χ0v) is 8.83. The number of hydrogen-bond acceptors (Lipinski definition) is 2. The van der Waals surface area contributed by atoms with E-state index in [1.165, 1.54) is 12.8 Å². The van der Waals surface area contributed by atoms with Gasteiger partial charge in [0.15, 0.2) is 0 Å². The lowest BCUT2D eigenvalue weighted by atomic mass is 10.0. The maximum Gasteiger partial charge on any atom is 0.0580 e. The summed E-state index contributed by atoms with van der Waals surface area (Å²) in [5.74, 6) is 0. The highest BCUT2D eigenvalue weighted by atomic mass is 16.5. The number of aliphatic hydroxyl groups excluding tert-OH is 1. The van der Waals surface area contributed by atoms with E-state index in [2.05, 4.69) is 13.8 Å². The lowest BCUT2D eigenvalue weighted by Gasteiger charge is -2.13. The third-order valence-electron chi connectivity index (χ3n) is 2.76. The lowest BCUT2D eigenvalue weighted by molar-refractivity contribution is 0.0384. The molecule has 1 saturated heterocycles. The van der Waals surface area contributed by atoms with Gasteiger partial charge in [0.1, 0.15) is 0 Å². The molecule has 1 aliphatic rings. The Morgan fingerprint density at radius 1 is 1.38 bits per heavy atom. The highest BCUT2D eigenvalue weighted by Gasteiger charge is 2.21. The minimum Gasteiger partial charge on any atom is -0.393 e. The van der Waals surface area contributed by atoms with Gasteiger partial charge in [-0.1, -0.05) is 13.3 Å². The van der Waals surface area contributed by atoms with E-state index in [0.29, 0.717) is 12.2 Å². The second kappa shape index (κ2) is 5.61. The van der Waals surface area contributed by atoms with Crippen molar-refractivity contribution < 1.29 is 9.84 Å². The van der Waals surface area contributed by atoms with Gasteiger partial charge in [0.05, 0.1) is 18.3 Å². The lowest BCUT2D eigenvalue weighted by Crippen LogP contribution is -2.13. The van der Waals surface area contributed by atoms with Gasteiger partial charge in [0.2, 0.25) is 0 Å². The average molecular weight is 186 g/mol. The predicted molar refractivity (Wildman–Crippen MR) is 53.7 cm³/mol. The van der Waals surface area contributed by atoms with Crippen LogP contribution in [0.25, 0.3) is 0 Å². The number of hydrogen-bond donors (Lipinski definition) is 1. The molecule has 0 saturated carbocycles. The molecule has 0 radical (unpaired) electrons. The summed E-state index contributed by atoms with van der Waals surface area (Å²) in [6.07, 6.45) is 7.07. The Balaban J connectivity index is 2.05. The van der Waals surface area contributed by atoms with Crippen LogP contribution in [-0.4, -0.2) is 23.4 Å². The second-order valence-corrected chi connectivity index (χ2v) is 4.17. The molecule has 0 aromatic carbocycles. The Labute approximate surface area is 81.3 Å². The molecule has 78 valence electrons. The molecule has 3 atom stereocenters. The number of rotatable bonds is 5. The summed E-state index contributed by atoms with van der Waals surface area (Å²) in [7, 11) is 0. The number of aliphatic hydroxyl groups is 1. The third-order valence-corrected chi connectivity index (χ3v) is 2.76. The first-order valence-electron chi connectivity index (χ1n) is 5.56. The fourth-order valence-electron chi connectivity index (χ4n) is 1.95. The summed E-state index contributed by atoms with van der Waals surface area (Å²) >= 11 is 0. The van der Waals surface area contributed by atoms with Crippen molar-refractivity contribution in [3.63, 3.8) is 0 Å².